The molecule has 9 nitrogen and oxygen atoms in total. The second kappa shape index (κ2) is 12.1. The Kier molecular flexibility index (Phi) is 8.35. The Hall–Kier alpha value is -3.60. The number of H-pyrrole nitrogens is 1. The number of carbonyl (C=O) groups is 1. The van der Waals surface area contributed by atoms with E-state index in [-0.39, 0.29) is 5.78 Å². The van der Waals surface area contributed by atoms with Crippen molar-refractivity contribution in [2.75, 3.05) is 64.1 Å². The van der Waals surface area contributed by atoms with Gasteiger partial charge in [0.25, 0.3) is 0 Å². The molecule has 0 amide bonds. The van der Waals surface area contributed by atoms with Gasteiger partial charge in [0.05, 0.1) is 11.1 Å². The van der Waals surface area contributed by atoms with E-state index in [1.807, 2.05) is 61.5 Å². The molecule has 3 heterocycles. The lowest BCUT2D eigenvalue weighted by atomic mass is 10.0. The van der Waals surface area contributed by atoms with Crippen LogP contribution in [0, 0.1) is 0 Å². The van der Waals surface area contributed by atoms with E-state index in [2.05, 4.69) is 65.4 Å². The SMILES string of the molecule is CN(C)C/C=C/C(=O)Cc1cccc(-c2nc(Nc3cccc(N4CCN(C)CC4)c3)nc3n[nH]c(Br)c23)c1. The Morgan fingerprint density at radius 3 is 2.69 bits per heavy atom. The van der Waals surface area contributed by atoms with E-state index < -0.39 is 0 Å². The number of likely N-dealkylation sites (N-methyl/N-ethyl adjacent to an activating group) is 2. The average molecular weight is 590 g/mol. The van der Waals surface area contributed by atoms with Crippen molar-refractivity contribution in [2.45, 2.75) is 6.42 Å². The van der Waals surface area contributed by atoms with Crippen molar-refractivity contribution in [3.8, 4) is 11.3 Å². The van der Waals surface area contributed by atoms with Crippen LogP contribution >= 0.6 is 15.9 Å². The third-order valence-corrected chi connectivity index (χ3v) is 7.27. The number of rotatable bonds is 9. The number of piperazine rings is 1. The molecule has 202 valence electrons. The lowest BCUT2D eigenvalue weighted by molar-refractivity contribution is -0.114. The number of anilines is 3. The van der Waals surface area contributed by atoms with E-state index in [4.69, 9.17) is 4.98 Å². The molecule has 1 aliphatic rings. The summed E-state index contributed by atoms with van der Waals surface area (Å²) in [7, 11) is 6.11. The predicted molar refractivity (Wildman–Crippen MR) is 161 cm³/mol. The van der Waals surface area contributed by atoms with Crippen LogP contribution in [0.5, 0.6) is 0 Å². The van der Waals surface area contributed by atoms with Crippen LogP contribution in [-0.2, 0) is 11.2 Å². The first-order valence-electron chi connectivity index (χ1n) is 13.0. The predicted octanol–water partition coefficient (Wildman–Crippen LogP) is 4.51. The van der Waals surface area contributed by atoms with Crippen molar-refractivity contribution in [1.29, 1.82) is 0 Å². The molecule has 2 aromatic carbocycles. The van der Waals surface area contributed by atoms with Gasteiger partial charge in [-0.3, -0.25) is 9.89 Å². The highest BCUT2D eigenvalue weighted by Crippen LogP contribution is 2.33. The number of nitrogens with zero attached hydrogens (tertiary/aromatic N) is 6. The van der Waals surface area contributed by atoms with E-state index >= 15 is 0 Å². The van der Waals surface area contributed by atoms with Crippen LogP contribution in [0.3, 0.4) is 0 Å². The number of nitrogens with one attached hydrogen (secondary N) is 2. The smallest absolute Gasteiger partial charge is 0.229 e. The van der Waals surface area contributed by atoms with Crippen LogP contribution in [0.1, 0.15) is 5.56 Å². The first kappa shape index (κ1) is 27.0. The third kappa shape index (κ3) is 6.70. The standard InChI is InChI=1S/C29H33BrN8O/c1-36(2)12-6-11-24(39)18-20-7-4-8-21(17-20)26-25-27(30)34-35-28(25)33-29(32-26)31-22-9-5-10-23(19-22)38-15-13-37(3)14-16-38/h4-11,17,19H,12-16,18H2,1-3H3,(H2,31,32,33,34,35)/b11-6+. The van der Waals surface area contributed by atoms with Gasteiger partial charge in [0, 0.05) is 56.1 Å². The number of halogens is 1. The highest BCUT2D eigenvalue weighted by atomic mass is 79.9. The minimum atomic E-state index is 0.0638. The van der Waals surface area contributed by atoms with Gasteiger partial charge in [-0.05, 0) is 73.0 Å². The third-order valence-electron chi connectivity index (χ3n) is 6.69. The van der Waals surface area contributed by atoms with Gasteiger partial charge in [0.1, 0.15) is 4.60 Å². The molecular weight excluding hydrogens is 556 g/mol. The van der Waals surface area contributed by atoms with E-state index in [9.17, 15) is 4.79 Å². The summed E-state index contributed by atoms with van der Waals surface area (Å²) < 4.78 is 0.712. The van der Waals surface area contributed by atoms with E-state index in [1.54, 1.807) is 6.08 Å². The lowest BCUT2D eigenvalue weighted by Gasteiger charge is -2.34. The summed E-state index contributed by atoms with van der Waals surface area (Å²) in [5, 5.41) is 11.5. The maximum atomic E-state index is 12.5. The first-order chi connectivity index (χ1) is 18.9. The van der Waals surface area contributed by atoms with Crippen molar-refractivity contribution in [3.63, 3.8) is 0 Å². The Labute approximate surface area is 237 Å². The fraction of sp³-hybridized carbons (Fsp3) is 0.310. The van der Waals surface area contributed by atoms with Gasteiger partial charge < -0.3 is 20.0 Å². The van der Waals surface area contributed by atoms with Gasteiger partial charge in [0.15, 0.2) is 11.4 Å². The number of hydrogen-bond donors (Lipinski definition) is 2. The van der Waals surface area contributed by atoms with Crippen molar-refractivity contribution in [1.82, 2.24) is 30.0 Å². The molecule has 2 N–H and O–H groups in total. The largest absolute Gasteiger partial charge is 0.369 e. The number of fused-ring (bicyclic) bond motifs is 1. The van der Waals surface area contributed by atoms with Gasteiger partial charge in [0.2, 0.25) is 5.95 Å². The molecule has 0 unspecified atom stereocenters. The molecular formula is C29H33BrN8O. The van der Waals surface area contributed by atoms with Crippen molar-refractivity contribution < 1.29 is 4.79 Å². The highest BCUT2D eigenvalue weighted by molar-refractivity contribution is 9.10. The molecule has 1 fully saturated rings. The summed E-state index contributed by atoms with van der Waals surface area (Å²) >= 11 is 3.57. The van der Waals surface area contributed by atoms with Gasteiger partial charge in [-0.1, -0.05) is 30.3 Å². The molecule has 1 aliphatic heterocycles. The van der Waals surface area contributed by atoms with Crippen LogP contribution in [-0.4, -0.2) is 89.6 Å². The van der Waals surface area contributed by atoms with Crippen LogP contribution in [0.25, 0.3) is 22.3 Å². The number of allylic oxidation sites excluding steroid dienone is 1. The quantitative estimate of drug-likeness (QED) is 0.276. The maximum absolute atomic E-state index is 12.5. The fourth-order valence-electron chi connectivity index (χ4n) is 4.61. The van der Waals surface area contributed by atoms with Crippen LogP contribution in [0.4, 0.5) is 17.3 Å². The second-order valence-electron chi connectivity index (χ2n) is 10.1. The summed E-state index contributed by atoms with van der Waals surface area (Å²) in [6, 6.07) is 16.3. The normalized spacial score (nSPS) is 14.5. The number of hydrogen-bond acceptors (Lipinski definition) is 8. The zero-order valence-corrected chi connectivity index (χ0v) is 24.1. The highest BCUT2D eigenvalue weighted by Gasteiger charge is 2.18. The lowest BCUT2D eigenvalue weighted by Crippen LogP contribution is -2.44. The number of carbonyl (C=O) groups excluding carboxylic acids is 1. The van der Waals surface area contributed by atoms with Gasteiger partial charge in [-0.25, -0.2) is 4.98 Å². The molecule has 0 saturated carbocycles. The van der Waals surface area contributed by atoms with Crippen molar-refractivity contribution >= 4 is 50.1 Å². The minimum absolute atomic E-state index is 0.0638. The Morgan fingerprint density at radius 2 is 1.90 bits per heavy atom. The number of aromatic nitrogens is 4. The van der Waals surface area contributed by atoms with Gasteiger partial charge in [-0.2, -0.15) is 10.1 Å². The number of aromatic amines is 1. The number of benzene rings is 2. The van der Waals surface area contributed by atoms with Crippen LogP contribution in [0.15, 0.2) is 65.3 Å². The first-order valence-corrected chi connectivity index (χ1v) is 13.8. The average Bonchev–Trinajstić information content (AvgIpc) is 3.29. The van der Waals surface area contributed by atoms with Gasteiger partial charge in [-0.15, -0.1) is 0 Å². The molecule has 0 bridgehead atoms. The summed E-state index contributed by atoms with van der Waals surface area (Å²) in [6.45, 7) is 4.82. The zero-order valence-electron chi connectivity index (χ0n) is 22.5. The summed E-state index contributed by atoms with van der Waals surface area (Å²) in [5.41, 5.74) is 5.19. The summed E-state index contributed by atoms with van der Waals surface area (Å²) in [4.78, 5) is 28.8. The molecule has 0 atom stereocenters. The zero-order chi connectivity index (χ0) is 27.4. The Morgan fingerprint density at radius 1 is 1.10 bits per heavy atom. The van der Waals surface area contributed by atoms with E-state index in [0.717, 1.165) is 60.6 Å². The van der Waals surface area contributed by atoms with Crippen LogP contribution < -0.4 is 10.2 Å². The summed E-state index contributed by atoms with van der Waals surface area (Å²) in [6.07, 6.45) is 3.86. The molecule has 39 heavy (non-hydrogen) atoms. The molecule has 4 aromatic rings. The molecule has 10 heteroatoms. The van der Waals surface area contributed by atoms with Crippen molar-refractivity contribution in [2.24, 2.45) is 0 Å². The molecule has 5 rings (SSSR count). The molecule has 0 aliphatic carbocycles. The van der Waals surface area contributed by atoms with E-state index in [1.165, 1.54) is 5.69 Å². The van der Waals surface area contributed by atoms with Gasteiger partial charge >= 0.3 is 0 Å². The molecule has 1 saturated heterocycles. The van der Waals surface area contributed by atoms with E-state index in [0.29, 0.717) is 22.6 Å². The molecule has 0 spiro atoms. The summed E-state index contributed by atoms with van der Waals surface area (Å²) in [5.74, 6) is 0.522. The Bertz CT molecular complexity index is 1490. The second-order valence-corrected chi connectivity index (χ2v) is 10.9. The monoisotopic (exact) mass is 588 g/mol. The molecule has 0 radical (unpaired) electrons. The number of ketones is 1. The minimum Gasteiger partial charge on any atom is -0.369 e. The van der Waals surface area contributed by atoms with Crippen LogP contribution in [0.2, 0.25) is 0 Å². The van der Waals surface area contributed by atoms with Crippen molar-refractivity contribution in [3.05, 3.63) is 70.8 Å². The topological polar surface area (TPSA) is 93.3 Å². The maximum Gasteiger partial charge on any atom is 0.229 e. The Balaban J connectivity index is 1.41. The fourth-order valence-corrected chi connectivity index (χ4v) is 5.07. The molecule has 2 aromatic heterocycles.